The van der Waals surface area contributed by atoms with Crippen LogP contribution in [0.5, 0.6) is 0 Å². The molecule has 2 N–H and O–H groups in total. The SMILES string of the molecule is Cc1ccc(-n2nnc(C(C)N)c2C)cc1Cl. The normalized spacial score (nSPS) is 12.8. The number of aryl methyl sites for hydroxylation is 1. The molecular formula is C12H15ClN4. The average molecular weight is 251 g/mol. The fourth-order valence-corrected chi connectivity index (χ4v) is 1.89. The van der Waals surface area contributed by atoms with E-state index < -0.39 is 0 Å². The Bertz CT molecular complexity index is 545. The zero-order valence-corrected chi connectivity index (χ0v) is 10.9. The highest BCUT2D eigenvalue weighted by Crippen LogP contribution is 2.21. The summed E-state index contributed by atoms with van der Waals surface area (Å²) in [4.78, 5) is 0. The van der Waals surface area contributed by atoms with Crippen LogP contribution in [-0.4, -0.2) is 15.0 Å². The van der Waals surface area contributed by atoms with Crippen LogP contribution < -0.4 is 5.73 Å². The Morgan fingerprint density at radius 3 is 2.59 bits per heavy atom. The number of rotatable bonds is 2. The van der Waals surface area contributed by atoms with Gasteiger partial charge in [0.1, 0.15) is 5.69 Å². The van der Waals surface area contributed by atoms with E-state index in [4.69, 9.17) is 17.3 Å². The van der Waals surface area contributed by atoms with Gasteiger partial charge in [0.05, 0.1) is 11.4 Å². The third-order valence-electron chi connectivity index (χ3n) is 2.76. The van der Waals surface area contributed by atoms with Crippen LogP contribution in [0.4, 0.5) is 0 Å². The maximum atomic E-state index is 6.10. The molecular weight excluding hydrogens is 236 g/mol. The lowest BCUT2D eigenvalue weighted by atomic mass is 10.2. The van der Waals surface area contributed by atoms with Crippen LogP contribution in [0, 0.1) is 13.8 Å². The van der Waals surface area contributed by atoms with Crippen molar-refractivity contribution in [1.82, 2.24) is 15.0 Å². The highest BCUT2D eigenvalue weighted by molar-refractivity contribution is 6.31. The summed E-state index contributed by atoms with van der Waals surface area (Å²) in [7, 11) is 0. The molecule has 4 nitrogen and oxygen atoms in total. The van der Waals surface area contributed by atoms with Crippen LogP contribution in [-0.2, 0) is 0 Å². The first-order valence-corrected chi connectivity index (χ1v) is 5.83. The molecule has 2 aromatic rings. The first-order chi connectivity index (χ1) is 8.00. The molecule has 0 saturated heterocycles. The van der Waals surface area contributed by atoms with Crippen LogP contribution in [0.3, 0.4) is 0 Å². The van der Waals surface area contributed by atoms with Gasteiger partial charge in [-0.1, -0.05) is 22.9 Å². The van der Waals surface area contributed by atoms with E-state index in [0.717, 1.165) is 27.7 Å². The molecule has 1 aromatic carbocycles. The third-order valence-corrected chi connectivity index (χ3v) is 3.17. The van der Waals surface area contributed by atoms with Gasteiger partial charge in [0.25, 0.3) is 0 Å². The van der Waals surface area contributed by atoms with Crippen LogP contribution >= 0.6 is 11.6 Å². The molecule has 2 rings (SSSR count). The first kappa shape index (κ1) is 12.1. The van der Waals surface area contributed by atoms with Gasteiger partial charge in [-0.05, 0) is 38.5 Å². The lowest BCUT2D eigenvalue weighted by Gasteiger charge is -2.06. The van der Waals surface area contributed by atoms with Gasteiger partial charge in [-0.15, -0.1) is 5.10 Å². The molecule has 0 aliphatic heterocycles. The highest BCUT2D eigenvalue weighted by Gasteiger charge is 2.13. The van der Waals surface area contributed by atoms with E-state index in [-0.39, 0.29) is 6.04 Å². The van der Waals surface area contributed by atoms with Crippen molar-refractivity contribution in [2.45, 2.75) is 26.8 Å². The molecule has 5 heteroatoms. The van der Waals surface area contributed by atoms with Gasteiger partial charge in [-0.2, -0.15) is 0 Å². The fourth-order valence-electron chi connectivity index (χ4n) is 1.72. The van der Waals surface area contributed by atoms with E-state index in [1.54, 1.807) is 4.68 Å². The third kappa shape index (κ3) is 2.18. The standard InChI is InChI=1S/C12H15ClN4/c1-7-4-5-10(6-11(7)13)17-9(3)12(8(2)14)15-16-17/h4-6,8H,14H2,1-3H3. The van der Waals surface area contributed by atoms with E-state index in [2.05, 4.69) is 10.3 Å². The second kappa shape index (κ2) is 4.47. The maximum absolute atomic E-state index is 6.10. The Labute approximate surface area is 105 Å². The molecule has 90 valence electrons. The number of nitrogens with zero attached hydrogens (tertiary/aromatic N) is 3. The smallest absolute Gasteiger partial charge is 0.102 e. The van der Waals surface area contributed by atoms with E-state index in [9.17, 15) is 0 Å². The lowest BCUT2D eigenvalue weighted by Crippen LogP contribution is -2.08. The van der Waals surface area contributed by atoms with E-state index in [1.165, 1.54) is 0 Å². The maximum Gasteiger partial charge on any atom is 0.102 e. The molecule has 1 aromatic heterocycles. The predicted octanol–water partition coefficient (Wildman–Crippen LogP) is 2.56. The van der Waals surface area contributed by atoms with Crippen molar-refractivity contribution in [3.63, 3.8) is 0 Å². The highest BCUT2D eigenvalue weighted by atomic mass is 35.5. The van der Waals surface area contributed by atoms with Crippen molar-refractivity contribution in [3.8, 4) is 5.69 Å². The van der Waals surface area contributed by atoms with E-state index in [0.29, 0.717) is 0 Å². The Kier molecular flexibility index (Phi) is 3.17. The molecule has 0 aliphatic carbocycles. The first-order valence-electron chi connectivity index (χ1n) is 5.45. The second-order valence-electron chi connectivity index (χ2n) is 4.19. The van der Waals surface area contributed by atoms with Crippen molar-refractivity contribution in [2.24, 2.45) is 5.73 Å². The van der Waals surface area contributed by atoms with Gasteiger partial charge in [0.15, 0.2) is 0 Å². The molecule has 17 heavy (non-hydrogen) atoms. The Hall–Kier alpha value is -1.39. The Morgan fingerprint density at radius 1 is 1.35 bits per heavy atom. The minimum absolute atomic E-state index is 0.121. The summed E-state index contributed by atoms with van der Waals surface area (Å²) in [6, 6.07) is 5.69. The number of hydrogen-bond donors (Lipinski definition) is 1. The molecule has 1 heterocycles. The molecule has 0 saturated carbocycles. The molecule has 1 unspecified atom stereocenters. The molecule has 0 aliphatic rings. The van der Waals surface area contributed by atoms with Gasteiger partial charge < -0.3 is 5.73 Å². The van der Waals surface area contributed by atoms with Crippen LogP contribution in [0.2, 0.25) is 5.02 Å². The summed E-state index contributed by atoms with van der Waals surface area (Å²) >= 11 is 6.10. The van der Waals surface area contributed by atoms with Gasteiger partial charge in [0, 0.05) is 11.1 Å². The van der Waals surface area contributed by atoms with Crippen molar-refractivity contribution in [2.75, 3.05) is 0 Å². The van der Waals surface area contributed by atoms with Crippen molar-refractivity contribution in [3.05, 3.63) is 40.2 Å². The monoisotopic (exact) mass is 250 g/mol. The summed E-state index contributed by atoms with van der Waals surface area (Å²) < 4.78 is 1.75. The zero-order valence-electron chi connectivity index (χ0n) is 10.1. The zero-order chi connectivity index (χ0) is 12.6. The number of nitrogens with two attached hydrogens (primary N) is 1. The van der Waals surface area contributed by atoms with E-state index >= 15 is 0 Å². The quantitative estimate of drug-likeness (QED) is 0.891. The average Bonchev–Trinajstić information content (AvgIpc) is 2.64. The summed E-state index contributed by atoms with van der Waals surface area (Å²) in [6.07, 6.45) is 0. The van der Waals surface area contributed by atoms with E-state index in [1.807, 2.05) is 39.0 Å². The number of halogens is 1. The van der Waals surface area contributed by atoms with Crippen molar-refractivity contribution in [1.29, 1.82) is 0 Å². The molecule has 1 atom stereocenters. The largest absolute Gasteiger partial charge is 0.323 e. The van der Waals surface area contributed by atoms with Crippen molar-refractivity contribution >= 4 is 11.6 Å². The van der Waals surface area contributed by atoms with Crippen molar-refractivity contribution < 1.29 is 0 Å². The van der Waals surface area contributed by atoms with Gasteiger partial charge in [-0.3, -0.25) is 0 Å². The number of benzene rings is 1. The minimum Gasteiger partial charge on any atom is -0.323 e. The molecule has 0 spiro atoms. The second-order valence-corrected chi connectivity index (χ2v) is 4.60. The molecule has 0 bridgehead atoms. The molecule has 0 amide bonds. The fraction of sp³-hybridized carbons (Fsp3) is 0.333. The van der Waals surface area contributed by atoms with Gasteiger partial charge in [-0.25, -0.2) is 4.68 Å². The lowest BCUT2D eigenvalue weighted by molar-refractivity contribution is 0.756. The number of aromatic nitrogens is 3. The topological polar surface area (TPSA) is 56.7 Å². The molecule has 0 fully saturated rings. The van der Waals surface area contributed by atoms with Crippen LogP contribution in [0.1, 0.15) is 29.9 Å². The Morgan fingerprint density at radius 2 is 2.06 bits per heavy atom. The van der Waals surface area contributed by atoms with Crippen LogP contribution in [0.15, 0.2) is 18.2 Å². The van der Waals surface area contributed by atoms with Gasteiger partial charge >= 0.3 is 0 Å². The molecule has 0 radical (unpaired) electrons. The van der Waals surface area contributed by atoms with Crippen LogP contribution in [0.25, 0.3) is 5.69 Å². The summed E-state index contributed by atoms with van der Waals surface area (Å²) in [5, 5.41) is 8.92. The van der Waals surface area contributed by atoms with Gasteiger partial charge in [0.2, 0.25) is 0 Å². The minimum atomic E-state index is -0.121. The number of hydrogen-bond acceptors (Lipinski definition) is 3. The Balaban J connectivity index is 2.50. The predicted molar refractivity (Wildman–Crippen MR) is 68.4 cm³/mol. The summed E-state index contributed by atoms with van der Waals surface area (Å²) in [5.41, 5.74) is 9.51. The summed E-state index contributed by atoms with van der Waals surface area (Å²) in [5.74, 6) is 0. The summed E-state index contributed by atoms with van der Waals surface area (Å²) in [6.45, 7) is 5.81.